The second kappa shape index (κ2) is 6.46. The van der Waals surface area contributed by atoms with Crippen molar-refractivity contribution in [1.29, 1.82) is 0 Å². The number of carbonyl (C=O) groups excluding carboxylic acids is 2. The van der Waals surface area contributed by atoms with Crippen LogP contribution in [-0.2, 0) is 16.1 Å². The molecule has 2 heterocycles. The molecular formula is C17H16ClN2O3-. The number of hydrogen-bond acceptors (Lipinski definition) is 3. The highest BCUT2D eigenvalue weighted by molar-refractivity contribution is 6.31. The van der Waals surface area contributed by atoms with Gasteiger partial charge in [-0.25, -0.2) is 0 Å². The van der Waals surface area contributed by atoms with Crippen LogP contribution in [0.4, 0.5) is 0 Å². The van der Waals surface area contributed by atoms with E-state index >= 15 is 0 Å². The molecule has 1 aromatic heterocycles. The predicted molar refractivity (Wildman–Crippen MR) is 83.7 cm³/mol. The van der Waals surface area contributed by atoms with Gasteiger partial charge in [0.15, 0.2) is 0 Å². The number of fused-ring (bicyclic) bond motifs is 1. The number of amides is 1. The fraction of sp³-hybridized carbons (Fsp3) is 0.294. The molecule has 0 N–H and O–H groups in total. The number of rotatable bonds is 4. The van der Waals surface area contributed by atoms with Crippen LogP contribution < -0.4 is 5.11 Å². The molecule has 1 aliphatic rings. The summed E-state index contributed by atoms with van der Waals surface area (Å²) in [5, 5.41) is 11.2. The van der Waals surface area contributed by atoms with E-state index in [0.29, 0.717) is 18.1 Å². The highest BCUT2D eigenvalue weighted by Gasteiger charge is 2.32. The summed E-state index contributed by atoms with van der Waals surface area (Å²) < 4.78 is 2.09. The van der Waals surface area contributed by atoms with E-state index in [1.165, 1.54) is 0 Å². The van der Waals surface area contributed by atoms with Crippen LogP contribution in [0.25, 0.3) is 0 Å². The summed E-state index contributed by atoms with van der Waals surface area (Å²) in [6.45, 7) is 1.20. The Labute approximate surface area is 139 Å². The Kier molecular flexibility index (Phi) is 4.39. The summed E-state index contributed by atoms with van der Waals surface area (Å²) in [4.78, 5) is 24.9. The molecule has 3 rings (SSSR count). The number of benzene rings is 1. The number of carboxylic acid groups (broad SMARTS) is 1. The molecule has 2 aromatic rings. The molecule has 0 aliphatic carbocycles. The number of carboxylic acids is 1. The van der Waals surface area contributed by atoms with Crippen molar-refractivity contribution in [2.75, 3.05) is 6.54 Å². The molecule has 0 unspecified atom stereocenters. The molecule has 1 atom stereocenters. The van der Waals surface area contributed by atoms with Crippen LogP contribution in [0.1, 0.15) is 30.1 Å². The van der Waals surface area contributed by atoms with E-state index in [-0.39, 0.29) is 24.8 Å². The molecular weight excluding hydrogens is 316 g/mol. The van der Waals surface area contributed by atoms with Crippen LogP contribution in [0, 0.1) is 0 Å². The average molecular weight is 332 g/mol. The lowest BCUT2D eigenvalue weighted by Crippen LogP contribution is -2.42. The molecule has 23 heavy (non-hydrogen) atoms. The maximum atomic E-state index is 12.5. The van der Waals surface area contributed by atoms with Gasteiger partial charge in [0.1, 0.15) is 0 Å². The van der Waals surface area contributed by atoms with Gasteiger partial charge in [0.25, 0.3) is 0 Å². The van der Waals surface area contributed by atoms with Crippen LogP contribution in [0.3, 0.4) is 0 Å². The monoisotopic (exact) mass is 331 g/mol. The van der Waals surface area contributed by atoms with Crippen LogP contribution in [0.15, 0.2) is 42.6 Å². The zero-order valence-electron chi connectivity index (χ0n) is 12.4. The molecule has 0 spiro atoms. The lowest BCUT2D eigenvalue weighted by Gasteiger charge is -2.38. The quantitative estimate of drug-likeness (QED) is 0.854. The van der Waals surface area contributed by atoms with Gasteiger partial charge in [0.2, 0.25) is 5.91 Å². The second-order valence-corrected chi connectivity index (χ2v) is 5.92. The van der Waals surface area contributed by atoms with E-state index in [9.17, 15) is 14.7 Å². The smallest absolute Gasteiger partial charge is 0.223 e. The maximum absolute atomic E-state index is 12.5. The largest absolute Gasteiger partial charge is 0.550 e. The normalized spacial score (nSPS) is 16.9. The van der Waals surface area contributed by atoms with Crippen molar-refractivity contribution in [3.63, 3.8) is 0 Å². The summed E-state index contributed by atoms with van der Waals surface area (Å²) in [5.74, 6) is -1.42. The first-order valence-electron chi connectivity index (χ1n) is 7.46. The first-order valence-corrected chi connectivity index (χ1v) is 7.84. The number of hydrogen-bond donors (Lipinski definition) is 0. The van der Waals surface area contributed by atoms with Crippen LogP contribution >= 0.6 is 11.6 Å². The maximum Gasteiger partial charge on any atom is 0.223 e. The topological polar surface area (TPSA) is 65.4 Å². The molecule has 0 saturated heterocycles. The third-order valence-corrected chi connectivity index (χ3v) is 4.45. The predicted octanol–water partition coefficient (Wildman–Crippen LogP) is 1.60. The third kappa shape index (κ3) is 3.10. The first kappa shape index (κ1) is 15.6. The molecule has 0 fully saturated rings. The highest BCUT2D eigenvalue weighted by Crippen LogP contribution is 2.36. The van der Waals surface area contributed by atoms with Gasteiger partial charge in [0, 0.05) is 42.4 Å². The van der Waals surface area contributed by atoms with Gasteiger partial charge in [-0.1, -0.05) is 29.8 Å². The van der Waals surface area contributed by atoms with Crippen molar-refractivity contribution in [1.82, 2.24) is 9.47 Å². The number of carbonyl (C=O) groups is 2. The third-order valence-electron chi connectivity index (χ3n) is 4.10. The molecule has 0 bridgehead atoms. The van der Waals surface area contributed by atoms with Crippen molar-refractivity contribution in [2.24, 2.45) is 0 Å². The van der Waals surface area contributed by atoms with Crippen LogP contribution in [-0.4, -0.2) is 27.9 Å². The van der Waals surface area contributed by atoms with Crippen molar-refractivity contribution in [3.8, 4) is 0 Å². The van der Waals surface area contributed by atoms with Gasteiger partial charge in [-0.3, -0.25) is 4.79 Å². The van der Waals surface area contributed by atoms with Gasteiger partial charge in [-0.2, -0.15) is 0 Å². The second-order valence-electron chi connectivity index (χ2n) is 5.51. The summed E-state index contributed by atoms with van der Waals surface area (Å²) >= 11 is 6.34. The summed E-state index contributed by atoms with van der Waals surface area (Å²) in [5.41, 5.74) is 1.82. The molecule has 1 aromatic carbocycles. The molecule has 5 nitrogen and oxygen atoms in total. The zero-order valence-corrected chi connectivity index (χ0v) is 13.2. The molecule has 0 saturated carbocycles. The zero-order chi connectivity index (χ0) is 16.4. The Morgan fingerprint density at radius 3 is 2.65 bits per heavy atom. The van der Waals surface area contributed by atoms with Gasteiger partial charge in [0.05, 0.1) is 6.04 Å². The van der Waals surface area contributed by atoms with E-state index in [1.54, 1.807) is 11.0 Å². The number of aliphatic carboxylic acids is 1. The number of nitrogens with zero attached hydrogens (tertiary/aromatic N) is 2. The number of halogens is 1. The number of aromatic nitrogens is 1. The van der Waals surface area contributed by atoms with E-state index in [0.717, 1.165) is 11.3 Å². The summed E-state index contributed by atoms with van der Waals surface area (Å²) in [6, 6.07) is 11.0. The van der Waals surface area contributed by atoms with Crippen molar-refractivity contribution < 1.29 is 14.7 Å². The van der Waals surface area contributed by atoms with E-state index in [2.05, 4.69) is 4.57 Å². The Morgan fingerprint density at radius 2 is 1.91 bits per heavy atom. The van der Waals surface area contributed by atoms with E-state index in [4.69, 9.17) is 11.6 Å². The van der Waals surface area contributed by atoms with Gasteiger partial charge in [-0.05, 0) is 30.2 Å². The molecule has 6 heteroatoms. The van der Waals surface area contributed by atoms with Crippen molar-refractivity contribution in [3.05, 3.63) is 58.9 Å². The van der Waals surface area contributed by atoms with Crippen molar-refractivity contribution in [2.45, 2.75) is 25.4 Å². The molecule has 1 aliphatic heterocycles. The lowest BCUT2D eigenvalue weighted by molar-refractivity contribution is -0.305. The summed E-state index contributed by atoms with van der Waals surface area (Å²) in [6.07, 6.45) is 1.64. The Balaban J connectivity index is 1.97. The fourth-order valence-corrected chi connectivity index (χ4v) is 3.27. The standard InChI is InChI=1S/C17H17ClN2O3/c18-13-5-2-1-4-12(13)17-14-6-3-9-19(14)10-11-20(17)15(21)7-8-16(22)23/h1-6,9,17H,7-8,10-11H2,(H,22,23)/p-1/t17-/m1/s1. The Bertz CT molecular complexity index is 741. The molecule has 1 amide bonds. The Hall–Kier alpha value is -2.27. The fourth-order valence-electron chi connectivity index (χ4n) is 3.03. The highest BCUT2D eigenvalue weighted by atomic mass is 35.5. The van der Waals surface area contributed by atoms with Gasteiger partial charge >= 0.3 is 0 Å². The van der Waals surface area contributed by atoms with Gasteiger partial charge in [-0.15, -0.1) is 0 Å². The first-order chi connectivity index (χ1) is 11.1. The molecule has 120 valence electrons. The SMILES string of the molecule is O=C([O-])CCC(=O)N1CCn2cccc2[C@H]1c1ccccc1Cl. The van der Waals surface area contributed by atoms with E-state index < -0.39 is 5.97 Å². The molecule has 0 radical (unpaired) electrons. The lowest BCUT2D eigenvalue weighted by atomic mass is 9.99. The van der Waals surface area contributed by atoms with E-state index in [1.807, 2.05) is 36.5 Å². The minimum atomic E-state index is -1.21. The minimum absolute atomic E-state index is 0.0655. The Morgan fingerprint density at radius 1 is 1.13 bits per heavy atom. The summed E-state index contributed by atoms with van der Waals surface area (Å²) in [7, 11) is 0. The minimum Gasteiger partial charge on any atom is -0.550 e. The van der Waals surface area contributed by atoms with Crippen molar-refractivity contribution >= 4 is 23.5 Å². The van der Waals surface area contributed by atoms with Gasteiger partial charge < -0.3 is 19.4 Å². The van der Waals surface area contributed by atoms with Crippen LogP contribution in [0.2, 0.25) is 5.02 Å². The average Bonchev–Trinajstić information content (AvgIpc) is 3.01. The van der Waals surface area contributed by atoms with Crippen LogP contribution in [0.5, 0.6) is 0 Å².